The molecule has 1 fully saturated rings. The standard InChI is InChI=1S/C7H12N2O2S/c1-4-7-5-6-8(2)12(10,11)9(7)3/h1,7H,5-6H2,2-3H3. The van der Waals surface area contributed by atoms with E-state index in [1.54, 1.807) is 7.05 Å². The number of hydrogen-bond acceptors (Lipinski definition) is 2. The molecule has 1 heterocycles. The summed E-state index contributed by atoms with van der Waals surface area (Å²) in [5, 5.41) is 0. The lowest BCUT2D eigenvalue weighted by Crippen LogP contribution is -2.50. The normalized spacial score (nSPS) is 31.2. The van der Waals surface area contributed by atoms with Gasteiger partial charge in [-0.25, -0.2) is 0 Å². The van der Waals surface area contributed by atoms with Crippen LogP contribution >= 0.6 is 0 Å². The minimum Gasteiger partial charge on any atom is -0.195 e. The highest BCUT2D eigenvalue weighted by Crippen LogP contribution is 2.17. The zero-order valence-corrected chi connectivity index (χ0v) is 8.00. The first kappa shape index (κ1) is 9.52. The minimum atomic E-state index is -3.28. The van der Waals surface area contributed by atoms with Gasteiger partial charge in [-0.15, -0.1) is 6.42 Å². The lowest BCUT2D eigenvalue weighted by molar-refractivity contribution is 0.302. The molecule has 4 nitrogen and oxygen atoms in total. The molecule has 1 aliphatic rings. The van der Waals surface area contributed by atoms with E-state index in [2.05, 4.69) is 5.92 Å². The van der Waals surface area contributed by atoms with Gasteiger partial charge in [0.1, 0.15) is 0 Å². The summed E-state index contributed by atoms with van der Waals surface area (Å²) < 4.78 is 25.4. The quantitative estimate of drug-likeness (QED) is 0.481. The summed E-state index contributed by atoms with van der Waals surface area (Å²) in [6.07, 6.45) is 5.88. The van der Waals surface area contributed by atoms with E-state index < -0.39 is 10.2 Å². The van der Waals surface area contributed by atoms with Gasteiger partial charge in [0.15, 0.2) is 0 Å². The molecule has 1 rings (SSSR count). The molecule has 0 aromatic carbocycles. The first-order valence-corrected chi connectivity index (χ1v) is 5.05. The van der Waals surface area contributed by atoms with Crippen LogP contribution in [0.15, 0.2) is 0 Å². The van der Waals surface area contributed by atoms with Crippen molar-refractivity contribution in [3.05, 3.63) is 0 Å². The Balaban J connectivity index is 2.95. The second kappa shape index (κ2) is 3.05. The van der Waals surface area contributed by atoms with Crippen LogP contribution in [-0.4, -0.2) is 43.7 Å². The highest BCUT2D eigenvalue weighted by molar-refractivity contribution is 7.86. The molecule has 0 amide bonds. The molecule has 0 bridgehead atoms. The molecule has 0 N–H and O–H groups in total. The van der Waals surface area contributed by atoms with Gasteiger partial charge in [0, 0.05) is 20.6 Å². The lowest BCUT2D eigenvalue weighted by atomic mass is 10.2. The maximum atomic E-state index is 11.4. The van der Waals surface area contributed by atoms with Crippen LogP contribution < -0.4 is 0 Å². The molecular formula is C7H12N2O2S. The molecule has 1 unspecified atom stereocenters. The van der Waals surface area contributed by atoms with Gasteiger partial charge in [0.05, 0.1) is 6.04 Å². The topological polar surface area (TPSA) is 40.6 Å². The van der Waals surface area contributed by atoms with Gasteiger partial charge in [-0.1, -0.05) is 5.92 Å². The van der Waals surface area contributed by atoms with Gasteiger partial charge < -0.3 is 0 Å². The second-order valence-electron chi connectivity index (χ2n) is 2.82. The van der Waals surface area contributed by atoms with Crippen molar-refractivity contribution in [2.45, 2.75) is 12.5 Å². The summed E-state index contributed by atoms with van der Waals surface area (Å²) in [6.45, 7) is 0.502. The molecule has 1 saturated heterocycles. The molecule has 0 aromatic rings. The van der Waals surface area contributed by atoms with Gasteiger partial charge in [0.25, 0.3) is 10.2 Å². The van der Waals surface area contributed by atoms with E-state index in [4.69, 9.17) is 6.42 Å². The monoisotopic (exact) mass is 188 g/mol. The predicted molar refractivity (Wildman–Crippen MR) is 46.6 cm³/mol. The Kier molecular flexibility index (Phi) is 2.42. The molecular weight excluding hydrogens is 176 g/mol. The molecule has 0 spiro atoms. The van der Waals surface area contributed by atoms with Gasteiger partial charge >= 0.3 is 0 Å². The van der Waals surface area contributed by atoms with Crippen LogP contribution in [0.4, 0.5) is 0 Å². The largest absolute Gasteiger partial charge is 0.282 e. The van der Waals surface area contributed by atoms with Crippen LogP contribution in [0.25, 0.3) is 0 Å². The van der Waals surface area contributed by atoms with Crippen molar-refractivity contribution in [1.82, 2.24) is 8.61 Å². The smallest absolute Gasteiger partial charge is 0.195 e. The Morgan fingerprint density at radius 2 is 2.08 bits per heavy atom. The van der Waals surface area contributed by atoms with Gasteiger partial charge in [0.2, 0.25) is 0 Å². The summed E-state index contributed by atoms with van der Waals surface area (Å²) >= 11 is 0. The molecule has 5 heteroatoms. The Morgan fingerprint density at radius 3 is 2.58 bits per heavy atom. The molecule has 0 aromatic heterocycles. The average molecular weight is 188 g/mol. The van der Waals surface area contributed by atoms with Crippen LogP contribution in [0.3, 0.4) is 0 Å². The minimum absolute atomic E-state index is 0.286. The van der Waals surface area contributed by atoms with Gasteiger partial charge in [-0.3, -0.25) is 0 Å². The van der Waals surface area contributed by atoms with Crippen LogP contribution in [0, 0.1) is 12.3 Å². The Morgan fingerprint density at radius 1 is 1.50 bits per heavy atom. The summed E-state index contributed by atoms with van der Waals surface area (Å²) in [6, 6.07) is -0.286. The Hall–Kier alpha value is -0.570. The number of terminal acetylenes is 1. The molecule has 1 atom stereocenters. The van der Waals surface area contributed by atoms with Crippen molar-refractivity contribution >= 4 is 10.2 Å². The maximum absolute atomic E-state index is 11.4. The van der Waals surface area contributed by atoms with Crippen LogP contribution in [0.2, 0.25) is 0 Å². The van der Waals surface area contributed by atoms with Crippen molar-refractivity contribution in [2.24, 2.45) is 0 Å². The number of hydrogen-bond donors (Lipinski definition) is 0. The first-order chi connectivity index (χ1) is 5.50. The predicted octanol–water partition coefficient (Wildman–Crippen LogP) is -0.500. The second-order valence-corrected chi connectivity index (χ2v) is 4.91. The Bertz CT molecular complexity index is 304. The highest BCUT2D eigenvalue weighted by Gasteiger charge is 2.33. The molecule has 1 aliphatic heterocycles. The van der Waals surface area contributed by atoms with Crippen LogP contribution in [-0.2, 0) is 10.2 Å². The zero-order valence-electron chi connectivity index (χ0n) is 7.19. The average Bonchev–Trinajstić information content (AvgIpc) is 2.02. The lowest BCUT2D eigenvalue weighted by Gasteiger charge is -2.33. The summed E-state index contributed by atoms with van der Waals surface area (Å²) in [5.74, 6) is 2.45. The SMILES string of the molecule is C#CC1CCN(C)S(=O)(=O)N1C. The van der Waals surface area contributed by atoms with Crippen molar-refractivity contribution < 1.29 is 8.42 Å². The third kappa shape index (κ3) is 1.33. The van der Waals surface area contributed by atoms with Crippen molar-refractivity contribution in [2.75, 3.05) is 20.6 Å². The van der Waals surface area contributed by atoms with Crippen LogP contribution in [0.1, 0.15) is 6.42 Å². The molecule has 0 aliphatic carbocycles. The van der Waals surface area contributed by atoms with Crippen molar-refractivity contribution in [3.63, 3.8) is 0 Å². The van der Waals surface area contributed by atoms with E-state index >= 15 is 0 Å². The fourth-order valence-electron chi connectivity index (χ4n) is 1.17. The molecule has 0 radical (unpaired) electrons. The van der Waals surface area contributed by atoms with E-state index in [-0.39, 0.29) is 6.04 Å². The summed E-state index contributed by atoms with van der Waals surface area (Å²) in [7, 11) is -0.214. The molecule has 12 heavy (non-hydrogen) atoms. The third-order valence-electron chi connectivity index (χ3n) is 2.11. The number of nitrogens with zero attached hydrogens (tertiary/aromatic N) is 2. The number of rotatable bonds is 0. The van der Waals surface area contributed by atoms with E-state index in [1.807, 2.05) is 0 Å². The van der Waals surface area contributed by atoms with Crippen LogP contribution in [0.5, 0.6) is 0 Å². The van der Waals surface area contributed by atoms with E-state index in [0.717, 1.165) is 0 Å². The maximum Gasteiger partial charge on any atom is 0.282 e. The van der Waals surface area contributed by atoms with E-state index in [1.165, 1.54) is 15.7 Å². The van der Waals surface area contributed by atoms with Crippen molar-refractivity contribution in [1.29, 1.82) is 0 Å². The fourth-order valence-corrected chi connectivity index (χ4v) is 2.43. The van der Waals surface area contributed by atoms with Gasteiger partial charge in [-0.2, -0.15) is 17.0 Å². The van der Waals surface area contributed by atoms with E-state index in [9.17, 15) is 8.42 Å². The highest BCUT2D eigenvalue weighted by atomic mass is 32.2. The Labute approximate surface area is 73.3 Å². The fraction of sp³-hybridized carbons (Fsp3) is 0.714. The molecule has 68 valence electrons. The summed E-state index contributed by atoms with van der Waals surface area (Å²) in [4.78, 5) is 0. The van der Waals surface area contributed by atoms with Gasteiger partial charge in [-0.05, 0) is 6.42 Å². The van der Waals surface area contributed by atoms with Crippen molar-refractivity contribution in [3.8, 4) is 12.3 Å². The first-order valence-electron chi connectivity index (χ1n) is 3.65. The third-order valence-corrected chi connectivity index (χ3v) is 4.06. The summed E-state index contributed by atoms with van der Waals surface area (Å²) in [5.41, 5.74) is 0. The zero-order chi connectivity index (χ0) is 9.35. The van der Waals surface area contributed by atoms with E-state index in [0.29, 0.717) is 13.0 Å². The molecule has 0 saturated carbocycles.